The number of nitrogens with one attached hydrogen (secondary N) is 1. The van der Waals surface area contributed by atoms with Crippen molar-refractivity contribution in [3.05, 3.63) is 54.0 Å². The molecule has 1 saturated carbocycles. The number of aromatic nitrogens is 3. The predicted octanol–water partition coefficient (Wildman–Crippen LogP) is 2.20. The van der Waals surface area contributed by atoms with E-state index in [1.165, 1.54) is 24.5 Å². The molecule has 2 aliphatic carbocycles. The van der Waals surface area contributed by atoms with Crippen molar-refractivity contribution in [3.8, 4) is 0 Å². The van der Waals surface area contributed by atoms with Gasteiger partial charge in [-0.05, 0) is 36.5 Å². The van der Waals surface area contributed by atoms with Crippen molar-refractivity contribution in [2.45, 2.75) is 43.5 Å². The van der Waals surface area contributed by atoms with Gasteiger partial charge in [-0.15, -0.1) is 0 Å². The molecule has 3 aromatic rings. The van der Waals surface area contributed by atoms with E-state index in [4.69, 9.17) is 4.74 Å². The standard InChI is InChI=1S/C23H29N5O5S/c1-27(34(30,31)32)19-10-16(11-20(19)29)28-8-7-18-22(24-13-25-23(18)28)26-21-15(12-33-2)9-14-5-3-4-6-17(14)21/h3-8,13,15-16,19-21,29H,9-12H2,1-2H3,(H,24,25,26)(H,30,31,32)/t15-,16+,19-,20-,21+/m0/s1. The fourth-order valence-electron chi connectivity index (χ4n) is 5.53. The summed E-state index contributed by atoms with van der Waals surface area (Å²) >= 11 is 0. The van der Waals surface area contributed by atoms with E-state index in [2.05, 4.69) is 33.5 Å². The zero-order chi connectivity index (χ0) is 24.0. The zero-order valence-electron chi connectivity index (χ0n) is 19.1. The maximum Gasteiger partial charge on any atom is 0.335 e. The highest BCUT2D eigenvalue weighted by Crippen LogP contribution is 2.40. The van der Waals surface area contributed by atoms with Crippen LogP contribution in [0.2, 0.25) is 0 Å². The summed E-state index contributed by atoms with van der Waals surface area (Å²) in [6, 6.07) is 9.50. The molecule has 2 aliphatic rings. The average molecular weight is 488 g/mol. The second-order valence-corrected chi connectivity index (χ2v) is 10.6. The molecular weight excluding hydrogens is 458 g/mol. The van der Waals surface area contributed by atoms with Crippen molar-refractivity contribution in [1.29, 1.82) is 0 Å². The van der Waals surface area contributed by atoms with Crippen molar-refractivity contribution in [2.24, 2.45) is 5.92 Å². The van der Waals surface area contributed by atoms with Gasteiger partial charge in [-0.25, -0.2) is 9.97 Å². The molecule has 3 N–H and O–H groups in total. The highest BCUT2D eigenvalue weighted by Gasteiger charge is 2.40. The first-order chi connectivity index (χ1) is 16.3. The maximum absolute atomic E-state index is 11.6. The van der Waals surface area contributed by atoms with Crippen molar-refractivity contribution in [2.75, 3.05) is 26.1 Å². The third kappa shape index (κ3) is 4.07. The van der Waals surface area contributed by atoms with Crippen LogP contribution in [0.4, 0.5) is 5.82 Å². The molecule has 2 aromatic heterocycles. The van der Waals surface area contributed by atoms with Crippen LogP contribution >= 0.6 is 0 Å². The highest BCUT2D eigenvalue weighted by molar-refractivity contribution is 7.83. The Labute approximate surface area is 198 Å². The van der Waals surface area contributed by atoms with E-state index in [9.17, 15) is 18.1 Å². The summed E-state index contributed by atoms with van der Waals surface area (Å²) in [6.45, 7) is 0.629. The number of rotatable bonds is 7. The van der Waals surface area contributed by atoms with Gasteiger partial charge in [0.05, 0.1) is 30.2 Å². The number of ether oxygens (including phenoxy) is 1. The maximum atomic E-state index is 11.6. The second-order valence-electron chi connectivity index (χ2n) is 9.18. The number of methoxy groups -OCH3 is 1. The van der Waals surface area contributed by atoms with E-state index in [1.54, 1.807) is 7.11 Å². The predicted molar refractivity (Wildman–Crippen MR) is 127 cm³/mol. The Morgan fingerprint density at radius 2 is 2.03 bits per heavy atom. The summed E-state index contributed by atoms with van der Waals surface area (Å²) in [5.41, 5.74) is 3.25. The molecule has 182 valence electrons. The third-order valence-corrected chi connectivity index (χ3v) is 8.22. The summed E-state index contributed by atoms with van der Waals surface area (Å²) in [5, 5.41) is 15.0. The van der Waals surface area contributed by atoms with E-state index in [1.807, 2.05) is 22.9 Å². The monoisotopic (exact) mass is 487 g/mol. The lowest BCUT2D eigenvalue weighted by molar-refractivity contribution is 0.117. The SMILES string of the molecule is COC[C@@H]1Cc2ccccc2[C@@H]1Nc1ncnc2c1ccn2[C@H]1C[C@H](O)[C@@H](N(C)S(=O)(=O)O)C1. The van der Waals surface area contributed by atoms with E-state index in [-0.39, 0.29) is 18.0 Å². The Balaban J connectivity index is 1.44. The van der Waals surface area contributed by atoms with Gasteiger partial charge in [0.1, 0.15) is 17.8 Å². The fourth-order valence-corrected chi connectivity index (χ4v) is 6.10. The van der Waals surface area contributed by atoms with Crippen LogP contribution in [0.25, 0.3) is 11.0 Å². The number of aliphatic hydroxyl groups excluding tert-OH is 1. The van der Waals surface area contributed by atoms with Crippen molar-refractivity contribution >= 4 is 27.2 Å². The van der Waals surface area contributed by atoms with Crippen LogP contribution in [-0.2, 0) is 21.5 Å². The topological polar surface area (TPSA) is 130 Å². The Bertz CT molecular complexity index is 1300. The van der Waals surface area contributed by atoms with Crippen LogP contribution in [0, 0.1) is 5.92 Å². The molecular formula is C23H29N5O5S. The van der Waals surface area contributed by atoms with E-state index >= 15 is 0 Å². The number of hydrogen-bond acceptors (Lipinski definition) is 7. The summed E-state index contributed by atoms with van der Waals surface area (Å²) in [6.07, 6.45) is 4.17. The van der Waals surface area contributed by atoms with Crippen molar-refractivity contribution < 1.29 is 22.8 Å². The van der Waals surface area contributed by atoms with E-state index < -0.39 is 22.4 Å². The Morgan fingerprint density at radius 1 is 1.24 bits per heavy atom. The first-order valence-electron chi connectivity index (χ1n) is 11.3. The normalized spacial score (nSPS) is 26.9. The summed E-state index contributed by atoms with van der Waals surface area (Å²) in [4.78, 5) is 9.01. The van der Waals surface area contributed by atoms with E-state index in [0.717, 1.165) is 21.9 Å². The lowest BCUT2D eigenvalue weighted by Crippen LogP contribution is -2.41. The van der Waals surface area contributed by atoms with Gasteiger partial charge >= 0.3 is 10.3 Å². The van der Waals surface area contributed by atoms with Gasteiger partial charge in [-0.3, -0.25) is 4.55 Å². The van der Waals surface area contributed by atoms with Crippen molar-refractivity contribution in [3.63, 3.8) is 0 Å². The number of anilines is 1. The molecule has 0 spiro atoms. The lowest BCUT2D eigenvalue weighted by Gasteiger charge is -2.23. The van der Waals surface area contributed by atoms with Gasteiger partial charge in [-0.1, -0.05) is 24.3 Å². The number of nitrogens with zero attached hydrogens (tertiary/aromatic N) is 4. The first kappa shape index (κ1) is 23.2. The van der Waals surface area contributed by atoms with Crippen LogP contribution in [0.1, 0.15) is 36.1 Å². The molecule has 1 fully saturated rings. The first-order valence-corrected chi connectivity index (χ1v) is 12.7. The molecule has 0 bridgehead atoms. The number of hydrogen-bond donors (Lipinski definition) is 3. The minimum atomic E-state index is -4.39. The van der Waals surface area contributed by atoms with Gasteiger partial charge in [-0.2, -0.15) is 12.7 Å². The van der Waals surface area contributed by atoms with Gasteiger partial charge in [0.15, 0.2) is 0 Å². The van der Waals surface area contributed by atoms with Crippen LogP contribution in [0.15, 0.2) is 42.9 Å². The molecule has 5 rings (SSSR count). The minimum Gasteiger partial charge on any atom is -0.391 e. The van der Waals surface area contributed by atoms with Crippen LogP contribution in [0.5, 0.6) is 0 Å². The number of aliphatic hydroxyl groups is 1. The molecule has 2 heterocycles. The average Bonchev–Trinajstić information content (AvgIpc) is 3.49. The summed E-state index contributed by atoms with van der Waals surface area (Å²) < 4.78 is 40.8. The molecule has 0 saturated heterocycles. The molecule has 34 heavy (non-hydrogen) atoms. The molecule has 10 nitrogen and oxygen atoms in total. The Hall–Kier alpha value is -2.57. The molecule has 0 radical (unpaired) electrons. The van der Waals surface area contributed by atoms with Gasteiger partial charge in [0.2, 0.25) is 0 Å². The van der Waals surface area contributed by atoms with Crippen LogP contribution in [0.3, 0.4) is 0 Å². The molecule has 1 aromatic carbocycles. The van der Waals surface area contributed by atoms with Crippen molar-refractivity contribution in [1.82, 2.24) is 18.8 Å². The third-order valence-electron chi connectivity index (χ3n) is 7.22. The van der Waals surface area contributed by atoms with Gasteiger partial charge in [0, 0.05) is 32.3 Å². The van der Waals surface area contributed by atoms with E-state index in [0.29, 0.717) is 25.1 Å². The smallest absolute Gasteiger partial charge is 0.335 e. The Morgan fingerprint density at radius 3 is 2.79 bits per heavy atom. The lowest BCUT2D eigenvalue weighted by atomic mass is 10.0. The molecule has 0 unspecified atom stereocenters. The molecule has 11 heteroatoms. The Kier molecular flexibility index (Phi) is 6.07. The molecule has 5 atom stereocenters. The number of likely N-dealkylation sites (N-methyl/N-ethyl adjacent to an activating group) is 1. The highest BCUT2D eigenvalue weighted by atomic mass is 32.2. The molecule has 0 aliphatic heterocycles. The minimum absolute atomic E-state index is 0.0543. The summed E-state index contributed by atoms with van der Waals surface area (Å²) in [7, 11) is -1.40. The van der Waals surface area contributed by atoms with Crippen LogP contribution < -0.4 is 5.32 Å². The number of benzene rings is 1. The number of fused-ring (bicyclic) bond motifs is 2. The zero-order valence-corrected chi connectivity index (χ0v) is 19.9. The van der Waals surface area contributed by atoms with Crippen LogP contribution in [-0.4, -0.2) is 69.8 Å². The van der Waals surface area contributed by atoms with Gasteiger partial charge < -0.3 is 19.7 Å². The second kappa shape index (κ2) is 8.90. The fraction of sp³-hybridized carbons (Fsp3) is 0.478. The quantitative estimate of drug-likeness (QED) is 0.433. The summed E-state index contributed by atoms with van der Waals surface area (Å²) in [5.74, 6) is 0.993. The molecule has 0 amide bonds. The van der Waals surface area contributed by atoms with Gasteiger partial charge in [0.25, 0.3) is 0 Å². The largest absolute Gasteiger partial charge is 0.391 e.